The Bertz CT molecular complexity index is 423. The molecule has 1 amide bonds. The SMILES string of the molecule is CC1(C(=O)NCc2sccc2Br)COCC1N. The number of ether oxygens (including phenoxy) is 1. The standard InChI is InChI=1S/C11H15BrN2O2S/c1-11(6-16-5-9(11)13)10(15)14-4-8-7(12)2-3-17-8/h2-3,9H,4-6,13H2,1H3,(H,14,15). The van der Waals surface area contributed by atoms with E-state index in [1.54, 1.807) is 11.3 Å². The second-order valence-corrected chi connectivity index (χ2v) is 6.27. The van der Waals surface area contributed by atoms with Crippen molar-refractivity contribution in [3.05, 3.63) is 20.8 Å². The van der Waals surface area contributed by atoms with Crippen molar-refractivity contribution in [1.29, 1.82) is 0 Å². The Morgan fingerprint density at radius 3 is 3.12 bits per heavy atom. The van der Waals surface area contributed by atoms with Crippen LogP contribution in [0, 0.1) is 5.41 Å². The summed E-state index contributed by atoms with van der Waals surface area (Å²) < 4.78 is 6.29. The van der Waals surface area contributed by atoms with Crippen molar-refractivity contribution in [1.82, 2.24) is 5.32 Å². The number of rotatable bonds is 3. The molecule has 1 aromatic heterocycles. The molecule has 0 saturated carbocycles. The number of amides is 1. The zero-order chi connectivity index (χ0) is 12.5. The fourth-order valence-corrected chi connectivity index (χ4v) is 3.17. The molecule has 0 radical (unpaired) electrons. The number of nitrogens with two attached hydrogens (primary N) is 1. The van der Waals surface area contributed by atoms with E-state index in [9.17, 15) is 4.79 Å². The molecule has 3 N–H and O–H groups in total. The van der Waals surface area contributed by atoms with Crippen molar-refractivity contribution in [2.24, 2.45) is 11.1 Å². The zero-order valence-corrected chi connectivity index (χ0v) is 11.9. The van der Waals surface area contributed by atoms with Crippen molar-refractivity contribution in [2.45, 2.75) is 19.5 Å². The Hall–Kier alpha value is -0.430. The lowest BCUT2D eigenvalue weighted by Crippen LogP contribution is -2.49. The Morgan fingerprint density at radius 2 is 2.59 bits per heavy atom. The normalized spacial score (nSPS) is 28.3. The third-order valence-corrected chi connectivity index (χ3v) is 5.06. The lowest BCUT2D eigenvalue weighted by atomic mass is 9.85. The molecule has 4 nitrogen and oxygen atoms in total. The van der Waals surface area contributed by atoms with Crippen LogP contribution in [0.1, 0.15) is 11.8 Å². The van der Waals surface area contributed by atoms with Crippen LogP contribution in [0.5, 0.6) is 0 Å². The largest absolute Gasteiger partial charge is 0.379 e. The summed E-state index contributed by atoms with van der Waals surface area (Å²) in [7, 11) is 0. The van der Waals surface area contributed by atoms with Crippen molar-refractivity contribution in [3.63, 3.8) is 0 Å². The van der Waals surface area contributed by atoms with Gasteiger partial charge in [-0.05, 0) is 34.3 Å². The molecule has 2 heterocycles. The molecule has 94 valence electrons. The topological polar surface area (TPSA) is 64.3 Å². The van der Waals surface area contributed by atoms with Gasteiger partial charge in [0, 0.05) is 15.4 Å². The van der Waals surface area contributed by atoms with Crippen molar-refractivity contribution < 1.29 is 9.53 Å². The number of nitrogens with one attached hydrogen (secondary N) is 1. The molecule has 1 aliphatic heterocycles. The van der Waals surface area contributed by atoms with Gasteiger partial charge >= 0.3 is 0 Å². The molecular weight excluding hydrogens is 304 g/mol. The van der Waals surface area contributed by atoms with Gasteiger partial charge in [-0.2, -0.15) is 0 Å². The fraction of sp³-hybridized carbons (Fsp3) is 0.545. The third kappa shape index (κ3) is 2.54. The first-order valence-electron chi connectivity index (χ1n) is 5.37. The number of hydrogen-bond donors (Lipinski definition) is 2. The average molecular weight is 319 g/mol. The summed E-state index contributed by atoms with van der Waals surface area (Å²) in [6.07, 6.45) is 0. The molecule has 0 bridgehead atoms. The predicted molar refractivity (Wildman–Crippen MR) is 70.8 cm³/mol. The van der Waals surface area contributed by atoms with Gasteiger partial charge in [-0.3, -0.25) is 4.79 Å². The van der Waals surface area contributed by atoms with Gasteiger partial charge in [0.05, 0.1) is 25.2 Å². The number of hydrogen-bond acceptors (Lipinski definition) is 4. The Balaban J connectivity index is 1.96. The highest BCUT2D eigenvalue weighted by Crippen LogP contribution is 2.28. The summed E-state index contributed by atoms with van der Waals surface area (Å²) in [5, 5.41) is 4.90. The van der Waals surface area contributed by atoms with Gasteiger partial charge in [-0.1, -0.05) is 0 Å². The fourth-order valence-electron chi connectivity index (χ4n) is 1.74. The van der Waals surface area contributed by atoms with E-state index in [2.05, 4.69) is 21.2 Å². The summed E-state index contributed by atoms with van der Waals surface area (Å²) in [5.74, 6) is -0.0391. The highest BCUT2D eigenvalue weighted by molar-refractivity contribution is 9.10. The summed E-state index contributed by atoms with van der Waals surface area (Å²) in [4.78, 5) is 13.2. The second-order valence-electron chi connectivity index (χ2n) is 4.41. The van der Waals surface area contributed by atoms with Crippen LogP contribution in [0.25, 0.3) is 0 Å². The van der Waals surface area contributed by atoms with Crippen LogP contribution in [-0.4, -0.2) is 25.2 Å². The van der Waals surface area contributed by atoms with E-state index < -0.39 is 5.41 Å². The van der Waals surface area contributed by atoms with E-state index in [4.69, 9.17) is 10.5 Å². The number of thiophene rings is 1. The molecule has 0 aliphatic carbocycles. The van der Waals surface area contributed by atoms with E-state index in [1.165, 1.54) is 0 Å². The second kappa shape index (κ2) is 5.06. The van der Waals surface area contributed by atoms with Crippen molar-refractivity contribution >= 4 is 33.2 Å². The van der Waals surface area contributed by atoms with Gasteiger partial charge in [0.15, 0.2) is 0 Å². The molecule has 17 heavy (non-hydrogen) atoms. The van der Waals surface area contributed by atoms with E-state index in [1.807, 2.05) is 18.4 Å². The summed E-state index contributed by atoms with van der Waals surface area (Å²) >= 11 is 5.04. The molecule has 0 spiro atoms. The first-order chi connectivity index (χ1) is 8.04. The van der Waals surface area contributed by atoms with Crippen molar-refractivity contribution in [3.8, 4) is 0 Å². The minimum atomic E-state index is -0.607. The van der Waals surface area contributed by atoms with Gasteiger partial charge in [-0.25, -0.2) is 0 Å². The van der Waals surface area contributed by atoms with E-state index in [0.29, 0.717) is 19.8 Å². The zero-order valence-electron chi connectivity index (χ0n) is 9.53. The number of carbonyl (C=O) groups is 1. The van der Waals surface area contributed by atoms with Crippen LogP contribution in [0.4, 0.5) is 0 Å². The molecule has 0 aromatic carbocycles. The summed E-state index contributed by atoms with van der Waals surface area (Å²) in [6, 6.07) is 1.74. The Kier molecular flexibility index (Phi) is 3.87. The van der Waals surface area contributed by atoms with Gasteiger partial charge in [-0.15, -0.1) is 11.3 Å². The Morgan fingerprint density at radius 1 is 1.82 bits per heavy atom. The van der Waals surface area contributed by atoms with Crippen LogP contribution in [0.15, 0.2) is 15.9 Å². The maximum atomic E-state index is 12.1. The maximum Gasteiger partial charge on any atom is 0.230 e. The molecular formula is C11H15BrN2O2S. The molecule has 1 aromatic rings. The van der Waals surface area contributed by atoms with Crippen LogP contribution in [-0.2, 0) is 16.1 Å². The van der Waals surface area contributed by atoms with Crippen LogP contribution in [0.3, 0.4) is 0 Å². The van der Waals surface area contributed by atoms with Gasteiger partial charge < -0.3 is 15.8 Å². The minimum Gasteiger partial charge on any atom is -0.379 e. The molecule has 1 saturated heterocycles. The van der Waals surface area contributed by atoms with Crippen LogP contribution < -0.4 is 11.1 Å². The van der Waals surface area contributed by atoms with Gasteiger partial charge in [0.25, 0.3) is 0 Å². The highest BCUT2D eigenvalue weighted by Gasteiger charge is 2.44. The third-order valence-electron chi connectivity index (χ3n) is 3.14. The Labute approximate surface area is 113 Å². The minimum absolute atomic E-state index is 0.0391. The predicted octanol–water partition coefficient (Wildman–Crippen LogP) is 1.49. The van der Waals surface area contributed by atoms with Crippen LogP contribution in [0.2, 0.25) is 0 Å². The molecule has 1 fully saturated rings. The lowest BCUT2D eigenvalue weighted by Gasteiger charge is -2.25. The van der Waals surface area contributed by atoms with E-state index >= 15 is 0 Å². The monoisotopic (exact) mass is 318 g/mol. The van der Waals surface area contributed by atoms with E-state index in [-0.39, 0.29) is 11.9 Å². The first-order valence-corrected chi connectivity index (χ1v) is 7.05. The molecule has 2 rings (SSSR count). The van der Waals surface area contributed by atoms with Gasteiger partial charge in [0.1, 0.15) is 0 Å². The van der Waals surface area contributed by atoms with E-state index in [0.717, 1.165) is 9.35 Å². The highest BCUT2D eigenvalue weighted by atomic mass is 79.9. The van der Waals surface area contributed by atoms with Gasteiger partial charge in [0.2, 0.25) is 5.91 Å². The molecule has 1 aliphatic rings. The maximum absolute atomic E-state index is 12.1. The molecule has 6 heteroatoms. The number of carbonyl (C=O) groups excluding carboxylic acids is 1. The summed E-state index contributed by atoms with van der Waals surface area (Å²) in [6.45, 7) is 3.22. The van der Waals surface area contributed by atoms with Crippen molar-refractivity contribution in [2.75, 3.05) is 13.2 Å². The molecule has 2 unspecified atom stereocenters. The van der Waals surface area contributed by atoms with Crippen LogP contribution >= 0.6 is 27.3 Å². The number of halogens is 1. The lowest BCUT2D eigenvalue weighted by molar-refractivity contribution is -0.130. The first kappa shape index (κ1) is 13.0. The smallest absolute Gasteiger partial charge is 0.230 e. The summed E-state index contributed by atoms with van der Waals surface area (Å²) in [5.41, 5.74) is 5.29. The quantitative estimate of drug-likeness (QED) is 0.887. The average Bonchev–Trinajstić information content (AvgIpc) is 2.84. The molecule has 2 atom stereocenters.